The maximum atomic E-state index is 6.11. The fourth-order valence-electron chi connectivity index (χ4n) is 3.35. The molecule has 4 rings (SSSR count). The molecule has 0 atom stereocenters. The second-order valence-corrected chi connectivity index (χ2v) is 7.84. The molecule has 0 heterocycles. The highest BCUT2D eigenvalue weighted by Crippen LogP contribution is 2.15. The van der Waals surface area contributed by atoms with Crippen LogP contribution in [0.15, 0.2) is 130 Å². The van der Waals surface area contributed by atoms with E-state index >= 15 is 0 Å². The molecule has 0 spiro atoms. The summed E-state index contributed by atoms with van der Waals surface area (Å²) in [7, 11) is 0. The Balaban J connectivity index is 1.69. The third-order valence-corrected chi connectivity index (χ3v) is 5.24. The van der Waals surface area contributed by atoms with Gasteiger partial charge in [-0.15, -0.1) is 20.4 Å². The zero-order valence-electron chi connectivity index (χ0n) is 19.5. The summed E-state index contributed by atoms with van der Waals surface area (Å²) in [5.74, 6) is -0.125. The first-order valence-corrected chi connectivity index (χ1v) is 11.2. The number of rotatable bonds is 6. The van der Waals surface area contributed by atoms with Gasteiger partial charge in [0.2, 0.25) is 0 Å². The Labute approximate surface area is 209 Å². The van der Waals surface area contributed by atoms with E-state index in [-0.39, 0.29) is 11.7 Å². The molecule has 178 valence electrons. The summed E-state index contributed by atoms with van der Waals surface area (Å²) in [6.45, 7) is 0. The van der Waals surface area contributed by atoms with Crippen LogP contribution >= 0.6 is 0 Å². The van der Waals surface area contributed by atoms with Crippen LogP contribution in [-0.2, 0) is 0 Å². The zero-order valence-corrected chi connectivity index (χ0v) is 19.5. The van der Waals surface area contributed by atoms with Crippen LogP contribution in [0.1, 0.15) is 22.3 Å². The fourth-order valence-corrected chi connectivity index (χ4v) is 3.35. The highest BCUT2D eigenvalue weighted by atomic mass is 15.3. The van der Waals surface area contributed by atoms with Gasteiger partial charge in [-0.3, -0.25) is 0 Å². The molecule has 0 bridgehead atoms. The van der Waals surface area contributed by atoms with Crippen molar-refractivity contribution in [3.05, 3.63) is 131 Å². The molecule has 4 aromatic carbocycles. The van der Waals surface area contributed by atoms with Crippen LogP contribution in [0.3, 0.4) is 0 Å². The largest absolute Gasteiger partial charge is 0.399 e. The van der Waals surface area contributed by atoms with E-state index < -0.39 is 0 Å². The van der Waals surface area contributed by atoms with Crippen molar-refractivity contribution in [2.45, 2.75) is 0 Å². The highest BCUT2D eigenvalue weighted by Gasteiger charge is 2.09. The maximum absolute atomic E-state index is 6.11. The van der Waals surface area contributed by atoms with Crippen molar-refractivity contribution in [3.63, 3.8) is 0 Å². The molecular formula is C28H26N8. The Morgan fingerprint density at radius 3 is 1.03 bits per heavy atom. The topological polar surface area (TPSA) is 154 Å². The normalized spacial score (nSPS) is 13.0. The van der Waals surface area contributed by atoms with Crippen LogP contribution in [0.4, 0.5) is 11.4 Å². The zero-order chi connectivity index (χ0) is 25.3. The van der Waals surface area contributed by atoms with Crippen LogP contribution in [0.5, 0.6) is 0 Å². The highest BCUT2D eigenvalue weighted by molar-refractivity contribution is 6.39. The quantitative estimate of drug-likeness (QED) is 0.145. The van der Waals surface area contributed by atoms with Gasteiger partial charge in [0.05, 0.1) is 0 Å². The molecule has 0 aliphatic heterocycles. The predicted molar refractivity (Wildman–Crippen MR) is 149 cm³/mol. The first kappa shape index (κ1) is 23.9. The van der Waals surface area contributed by atoms with Crippen LogP contribution in [-0.4, -0.2) is 23.1 Å². The van der Waals surface area contributed by atoms with E-state index in [9.17, 15) is 0 Å². The van der Waals surface area contributed by atoms with Crippen LogP contribution < -0.4 is 22.9 Å². The number of amidine groups is 2. The molecule has 0 fully saturated rings. The van der Waals surface area contributed by atoms with Gasteiger partial charge in [0.15, 0.2) is 11.7 Å². The van der Waals surface area contributed by atoms with Crippen LogP contribution in [0.25, 0.3) is 0 Å². The molecule has 36 heavy (non-hydrogen) atoms. The smallest absolute Gasteiger partial charge is 0.190 e. The van der Waals surface area contributed by atoms with Crippen molar-refractivity contribution in [3.8, 4) is 0 Å². The summed E-state index contributed by atoms with van der Waals surface area (Å²) < 4.78 is 0. The SMILES string of the molecule is NC(=N/N=C(/c1ccccc1)c1ccc(N)cc1)/C(N)=N\N=C(/c1ccccc1)c1ccc(N)cc1. The molecule has 0 aliphatic carbocycles. The number of nitrogens with two attached hydrogens (primary N) is 4. The summed E-state index contributed by atoms with van der Waals surface area (Å²) in [4.78, 5) is 0. The molecule has 0 saturated carbocycles. The predicted octanol–water partition coefficient (Wildman–Crippen LogP) is 3.77. The Kier molecular flexibility index (Phi) is 7.47. The van der Waals surface area contributed by atoms with Gasteiger partial charge in [-0.05, 0) is 24.3 Å². The first-order valence-electron chi connectivity index (χ1n) is 11.2. The molecule has 8 N–H and O–H groups in total. The van der Waals surface area contributed by atoms with Crippen molar-refractivity contribution in [1.29, 1.82) is 0 Å². The number of hydrogen-bond donors (Lipinski definition) is 4. The van der Waals surface area contributed by atoms with Gasteiger partial charge >= 0.3 is 0 Å². The molecule has 0 saturated heterocycles. The molecule has 0 amide bonds. The van der Waals surface area contributed by atoms with Crippen molar-refractivity contribution >= 4 is 34.5 Å². The van der Waals surface area contributed by atoms with Gasteiger partial charge in [0, 0.05) is 33.6 Å². The van der Waals surface area contributed by atoms with Gasteiger partial charge in [-0.1, -0.05) is 84.9 Å². The Hall–Kier alpha value is -5.24. The number of anilines is 2. The van der Waals surface area contributed by atoms with E-state index in [2.05, 4.69) is 20.4 Å². The molecule has 8 nitrogen and oxygen atoms in total. The maximum Gasteiger partial charge on any atom is 0.190 e. The standard InChI is InChI=1S/C28H26N8/c29-23-15-11-21(12-16-23)25(19-7-3-1-4-8-19)33-35-27(31)28(32)36-34-26(20-9-5-2-6-10-20)22-13-17-24(30)18-14-22/h1-18H,29-30H2,(H2,31,35)(H2,32,36)/b33-25-,34-26+. The third-order valence-electron chi connectivity index (χ3n) is 5.24. The summed E-state index contributed by atoms with van der Waals surface area (Å²) in [5, 5.41) is 17.1. The number of benzene rings is 4. The minimum Gasteiger partial charge on any atom is -0.399 e. The average molecular weight is 475 g/mol. The Bertz CT molecular complexity index is 1310. The van der Waals surface area contributed by atoms with E-state index in [1.54, 1.807) is 24.3 Å². The lowest BCUT2D eigenvalue weighted by molar-refractivity contribution is 1.20. The van der Waals surface area contributed by atoms with E-state index in [0.29, 0.717) is 22.8 Å². The Morgan fingerprint density at radius 2 is 0.694 bits per heavy atom. The second kappa shape index (κ2) is 11.3. The van der Waals surface area contributed by atoms with Gasteiger partial charge < -0.3 is 22.9 Å². The number of hydrogen-bond acceptors (Lipinski definition) is 6. The van der Waals surface area contributed by atoms with Crippen molar-refractivity contribution in [1.82, 2.24) is 0 Å². The van der Waals surface area contributed by atoms with E-state index in [1.807, 2.05) is 84.9 Å². The molecule has 0 aromatic heterocycles. The number of nitrogen functional groups attached to an aromatic ring is 2. The van der Waals surface area contributed by atoms with Gasteiger partial charge in [-0.25, -0.2) is 0 Å². The van der Waals surface area contributed by atoms with E-state index in [4.69, 9.17) is 22.9 Å². The average Bonchev–Trinajstić information content (AvgIpc) is 2.92. The van der Waals surface area contributed by atoms with Gasteiger partial charge in [-0.2, -0.15) is 0 Å². The summed E-state index contributed by atoms with van der Waals surface area (Å²) in [5.41, 5.74) is 29.8. The van der Waals surface area contributed by atoms with Crippen LogP contribution in [0, 0.1) is 0 Å². The molecular weight excluding hydrogens is 448 g/mol. The molecule has 0 unspecified atom stereocenters. The summed E-state index contributed by atoms with van der Waals surface area (Å²) in [6.07, 6.45) is 0. The Morgan fingerprint density at radius 1 is 0.389 bits per heavy atom. The minimum absolute atomic E-state index is 0.0626. The lowest BCUT2D eigenvalue weighted by Crippen LogP contribution is -2.31. The van der Waals surface area contributed by atoms with Crippen molar-refractivity contribution < 1.29 is 0 Å². The molecule has 8 heteroatoms. The third kappa shape index (κ3) is 6.00. The second-order valence-electron chi connectivity index (χ2n) is 7.84. The van der Waals surface area contributed by atoms with Crippen molar-refractivity contribution in [2.75, 3.05) is 11.5 Å². The fraction of sp³-hybridized carbons (Fsp3) is 0. The summed E-state index contributed by atoms with van der Waals surface area (Å²) in [6, 6.07) is 33.9. The number of nitrogens with zero attached hydrogens (tertiary/aromatic N) is 4. The monoisotopic (exact) mass is 474 g/mol. The van der Waals surface area contributed by atoms with Gasteiger partial charge in [0.25, 0.3) is 0 Å². The van der Waals surface area contributed by atoms with E-state index in [0.717, 1.165) is 22.3 Å². The summed E-state index contributed by atoms with van der Waals surface area (Å²) >= 11 is 0. The molecule has 4 aromatic rings. The first-order chi connectivity index (χ1) is 17.5. The van der Waals surface area contributed by atoms with E-state index in [1.165, 1.54) is 0 Å². The minimum atomic E-state index is -0.0626. The van der Waals surface area contributed by atoms with Gasteiger partial charge in [0.1, 0.15) is 11.4 Å². The molecule has 0 aliphatic rings. The lowest BCUT2D eigenvalue weighted by Gasteiger charge is -2.07. The van der Waals surface area contributed by atoms with Crippen molar-refractivity contribution in [2.24, 2.45) is 31.9 Å². The lowest BCUT2D eigenvalue weighted by atomic mass is 10.0. The van der Waals surface area contributed by atoms with Crippen LogP contribution in [0.2, 0.25) is 0 Å². The molecule has 0 radical (unpaired) electrons.